The van der Waals surface area contributed by atoms with E-state index in [1.807, 2.05) is 14.0 Å². The van der Waals surface area contributed by atoms with Gasteiger partial charge in [0.15, 0.2) is 5.13 Å². The average Bonchev–Trinajstić information content (AvgIpc) is 2.70. The summed E-state index contributed by atoms with van der Waals surface area (Å²) in [7, 11) is 1.88. The van der Waals surface area contributed by atoms with Gasteiger partial charge in [-0.25, -0.2) is 4.98 Å². The quantitative estimate of drug-likeness (QED) is 0.920. The molecule has 4 nitrogen and oxygen atoms in total. The second kappa shape index (κ2) is 6.28. The molecule has 2 rings (SSSR count). The Morgan fingerprint density at radius 3 is 2.45 bits per heavy atom. The number of hydrogen-bond acceptors (Lipinski definition) is 5. The molecule has 1 aliphatic rings. The average molecular weight is 308 g/mol. The molecule has 1 aliphatic heterocycles. The van der Waals surface area contributed by atoms with Gasteiger partial charge in [-0.05, 0) is 14.0 Å². The number of anilines is 1. The van der Waals surface area contributed by atoms with Crippen molar-refractivity contribution in [3.05, 3.63) is 10.6 Å². The Morgan fingerprint density at radius 2 is 1.90 bits per heavy atom. The van der Waals surface area contributed by atoms with Crippen LogP contribution in [-0.4, -0.2) is 55.8 Å². The Morgan fingerprint density at radius 1 is 1.25 bits per heavy atom. The number of hydrogen-bond donors (Lipinski definition) is 1. The maximum absolute atomic E-state index is 12.3. The van der Waals surface area contributed by atoms with E-state index < -0.39 is 12.7 Å². The standard InChI is InChI=1S/C12H19F3N4S/c1-9-10(7-16-2)20-11(17-9)19-5-3-18(4-6-19)8-12(13,14)15/h16H,3-8H2,1-2H3. The normalized spacial score (nSPS) is 17.8. The molecule has 1 aromatic rings. The molecule has 114 valence electrons. The molecule has 8 heteroatoms. The van der Waals surface area contributed by atoms with Crippen LogP contribution in [-0.2, 0) is 6.54 Å². The number of nitrogens with zero attached hydrogens (tertiary/aromatic N) is 3. The predicted molar refractivity (Wildman–Crippen MR) is 74.3 cm³/mol. The van der Waals surface area contributed by atoms with E-state index in [1.54, 1.807) is 11.3 Å². The minimum absolute atomic E-state index is 0.430. The molecule has 2 heterocycles. The van der Waals surface area contributed by atoms with Crippen LogP contribution in [0.4, 0.5) is 18.3 Å². The van der Waals surface area contributed by atoms with Crippen LogP contribution in [0.15, 0.2) is 0 Å². The number of alkyl halides is 3. The van der Waals surface area contributed by atoms with Crippen molar-refractivity contribution in [2.24, 2.45) is 0 Å². The third-order valence-corrected chi connectivity index (χ3v) is 4.48. The Hall–Kier alpha value is -0.860. The largest absolute Gasteiger partial charge is 0.401 e. The maximum atomic E-state index is 12.3. The summed E-state index contributed by atoms with van der Waals surface area (Å²) in [6.45, 7) is 3.98. The van der Waals surface area contributed by atoms with Crippen LogP contribution in [0.3, 0.4) is 0 Å². The van der Waals surface area contributed by atoms with Gasteiger partial charge in [-0.15, -0.1) is 11.3 Å². The highest BCUT2D eigenvalue weighted by Crippen LogP contribution is 2.27. The number of aryl methyl sites for hydroxylation is 1. The van der Waals surface area contributed by atoms with Gasteiger partial charge in [0.05, 0.1) is 12.2 Å². The molecular formula is C12H19F3N4S. The smallest absolute Gasteiger partial charge is 0.346 e. The van der Waals surface area contributed by atoms with Gasteiger partial charge in [0.25, 0.3) is 0 Å². The molecule has 0 bridgehead atoms. The number of piperazine rings is 1. The van der Waals surface area contributed by atoms with Crippen LogP contribution < -0.4 is 10.2 Å². The Bertz CT molecular complexity index is 438. The fourth-order valence-corrected chi connectivity index (χ4v) is 3.35. The van der Waals surface area contributed by atoms with Crippen molar-refractivity contribution in [1.29, 1.82) is 0 Å². The number of nitrogens with one attached hydrogen (secondary N) is 1. The lowest BCUT2D eigenvalue weighted by Gasteiger charge is -2.34. The molecule has 0 amide bonds. The first-order valence-corrected chi connectivity index (χ1v) is 7.35. The van der Waals surface area contributed by atoms with E-state index in [0.29, 0.717) is 26.2 Å². The van der Waals surface area contributed by atoms with Crippen LogP contribution in [0, 0.1) is 6.92 Å². The van der Waals surface area contributed by atoms with Gasteiger partial charge < -0.3 is 10.2 Å². The van der Waals surface area contributed by atoms with Crippen molar-refractivity contribution >= 4 is 16.5 Å². The SMILES string of the molecule is CNCc1sc(N2CCN(CC(F)(F)F)CC2)nc1C. The Balaban J connectivity index is 1.92. The van der Waals surface area contributed by atoms with E-state index in [2.05, 4.69) is 15.2 Å². The number of thiazole rings is 1. The van der Waals surface area contributed by atoms with Crippen molar-refractivity contribution < 1.29 is 13.2 Å². The van der Waals surface area contributed by atoms with Crippen LogP contribution in [0.2, 0.25) is 0 Å². The highest BCUT2D eigenvalue weighted by atomic mass is 32.1. The van der Waals surface area contributed by atoms with E-state index >= 15 is 0 Å². The Labute approximate surface area is 120 Å². The van der Waals surface area contributed by atoms with Crippen molar-refractivity contribution in [1.82, 2.24) is 15.2 Å². The van der Waals surface area contributed by atoms with Crippen molar-refractivity contribution in [2.75, 3.05) is 44.7 Å². The van der Waals surface area contributed by atoms with Crippen molar-refractivity contribution in [3.8, 4) is 0 Å². The highest BCUT2D eigenvalue weighted by Gasteiger charge is 2.32. The summed E-state index contributed by atoms with van der Waals surface area (Å²) in [5.74, 6) is 0. The first kappa shape index (κ1) is 15.5. The molecule has 1 N–H and O–H groups in total. The molecule has 0 radical (unpaired) electrons. The summed E-state index contributed by atoms with van der Waals surface area (Å²) >= 11 is 1.62. The third kappa shape index (κ3) is 4.07. The topological polar surface area (TPSA) is 31.4 Å². The summed E-state index contributed by atoms with van der Waals surface area (Å²) < 4.78 is 37.0. The van der Waals surface area contributed by atoms with Crippen LogP contribution in [0.5, 0.6) is 0 Å². The Kier molecular flexibility index (Phi) is 4.87. The summed E-state index contributed by atoms with van der Waals surface area (Å²) in [5.41, 5.74) is 0.997. The fraction of sp³-hybridized carbons (Fsp3) is 0.750. The molecule has 1 fully saturated rings. The van der Waals surface area contributed by atoms with E-state index in [-0.39, 0.29) is 0 Å². The number of halogens is 3. The number of aromatic nitrogens is 1. The summed E-state index contributed by atoms with van der Waals surface area (Å²) in [6.07, 6.45) is -4.11. The third-order valence-electron chi connectivity index (χ3n) is 3.26. The molecule has 0 aromatic carbocycles. The number of rotatable bonds is 4. The molecule has 1 saturated heterocycles. The van der Waals surface area contributed by atoms with E-state index in [1.165, 1.54) is 9.78 Å². The summed E-state index contributed by atoms with van der Waals surface area (Å²) in [5, 5.41) is 4.01. The fourth-order valence-electron chi connectivity index (χ4n) is 2.22. The molecule has 0 spiro atoms. The van der Waals surface area contributed by atoms with Gasteiger partial charge >= 0.3 is 6.18 Å². The minimum atomic E-state index is -4.11. The first-order valence-electron chi connectivity index (χ1n) is 6.54. The zero-order chi connectivity index (χ0) is 14.8. The monoisotopic (exact) mass is 308 g/mol. The van der Waals surface area contributed by atoms with Gasteiger partial charge in [-0.1, -0.05) is 0 Å². The second-order valence-electron chi connectivity index (χ2n) is 4.91. The molecular weight excluding hydrogens is 289 g/mol. The van der Waals surface area contributed by atoms with Gasteiger partial charge in [-0.2, -0.15) is 13.2 Å². The summed E-state index contributed by atoms with van der Waals surface area (Å²) in [6, 6.07) is 0. The van der Waals surface area contributed by atoms with Crippen molar-refractivity contribution in [2.45, 2.75) is 19.6 Å². The van der Waals surface area contributed by atoms with Crippen LogP contribution in [0.25, 0.3) is 0 Å². The minimum Gasteiger partial charge on any atom is -0.346 e. The molecule has 0 aliphatic carbocycles. The van der Waals surface area contributed by atoms with E-state index in [0.717, 1.165) is 17.4 Å². The first-order chi connectivity index (χ1) is 9.39. The lowest BCUT2D eigenvalue weighted by atomic mass is 10.3. The molecule has 0 atom stereocenters. The van der Waals surface area contributed by atoms with Gasteiger partial charge in [-0.3, -0.25) is 4.90 Å². The molecule has 20 heavy (non-hydrogen) atoms. The second-order valence-corrected chi connectivity index (χ2v) is 5.98. The van der Waals surface area contributed by atoms with Crippen molar-refractivity contribution in [3.63, 3.8) is 0 Å². The zero-order valence-electron chi connectivity index (χ0n) is 11.6. The van der Waals surface area contributed by atoms with Gasteiger partial charge in [0, 0.05) is 37.6 Å². The maximum Gasteiger partial charge on any atom is 0.401 e. The lowest BCUT2D eigenvalue weighted by molar-refractivity contribution is -0.146. The lowest BCUT2D eigenvalue weighted by Crippen LogP contribution is -2.49. The molecule has 1 aromatic heterocycles. The van der Waals surface area contributed by atoms with Gasteiger partial charge in [0.2, 0.25) is 0 Å². The highest BCUT2D eigenvalue weighted by molar-refractivity contribution is 7.15. The predicted octanol–water partition coefficient (Wildman–Crippen LogP) is 1.86. The van der Waals surface area contributed by atoms with E-state index in [4.69, 9.17) is 0 Å². The summed E-state index contributed by atoms with van der Waals surface area (Å²) in [4.78, 5) is 9.22. The van der Waals surface area contributed by atoms with Crippen LogP contribution >= 0.6 is 11.3 Å². The molecule has 0 saturated carbocycles. The zero-order valence-corrected chi connectivity index (χ0v) is 12.4. The van der Waals surface area contributed by atoms with E-state index in [9.17, 15) is 13.2 Å². The molecule has 0 unspecified atom stereocenters. The van der Waals surface area contributed by atoms with Gasteiger partial charge in [0.1, 0.15) is 0 Å². The van der Waals surface area contributed by atoms with Crippen LogP contribution in [0.1, 0.15) is 10.6 Å².